The fourth-order valence-corrected chi connectivity index (χ4v) is 4.90. The van der Waals surface area contributed by atoms with Crippen molar-refractivity contribution in [3.05, 3.63) is 108 Å². The average molecular weight is 489 g/mol. The zero-order valence-electron chi connectivity index (χ0n) is 20.8. The lowest BCUT2D eigenvalue weighted by molar-refractivity contribution is 0.102. The Hall–Kier alpha value is -4.42. The number of carbonyl (C=O) groups excluding carboxylic acids is 1. The maximum atomic E-state index is 13.2. The standard InChI is InChI=1S/C31H28N4O2/c1-31(2,19-36)22-9-11-26-28(15-22)34-30(37)24-10-8-21(14-27(24)33-26)25-18-35(17-20-6-4-3-5-7-20)29-16-32-13-12-23(25)29/h3-16,18,33,36H,17,19H2,1-2H3,(H,34,37). The van der Waals surface area contributed by atoms with Crippen molar-refractivity contribution < 1.29 is 9.90 Å². The van der Waals surface area contributed by atoms with Crippen molar-refractivity contribution in [2.75, 3.05) is 17.2 Å². The van der Waals surface area contributed by atoms with Gasteiger partial charge in [0, 0.05) is 35.3 Å². The van der Waals surface area contributed by atoms with Gasteiger partial charge in [0.25, 0.3) is 5.91 Å². The van der Waals surface area contributed by atoms with Gasteiger partial charge < -0.3 is 20.3 Å². The van der Waals surface area contributed by atoms with Crippen LogP contribution in [0.25, 0.3) is 22.0 Å². The van der Waals surface area contributed by atoms with Gasteiger partial charge in [0.1, 0.15) is 0 Å². The number of fused-ring (bicyclic) bond motifs is 3. The molecule has 6 nitrogen and oxygen atoms in total. The van der Waals surface area contributed by atoms with Gasteiger partial charge in [0.2, 0.25) is 0 Å². The van der Waals surface area contributed by atoms with E-state index in [2.05, 4.69) is 50.6 Å². The summed E-state index contributed by atoms with van der Waals surface area (Å²) in [6, 6.07) is 24.2. The molecule has 6 heteroatoms. The van der Waals surface area contributed by atoms with Gasteiger partial charge in [0.05, 0.1) is 40.9 Å². The van der Waals surface area contributed by atoms with E-state index in [0.29, 0.717) is 11.3 Å². The monoisotopic (exact) mass is 488 g/mol. The molecule has 0 spiro atoms. The van der Waals surface area contributed by atoms with Crippen LogP contribution in [0.1, 0.15) is 35.3 Å². The van der Waals surface area contributed by atoms with E-state index >= 15 is 0 Å². The molecule has 0 saturated carbocycles. The Bertz CT molecular complexity index is 1640. The number of hydrogen-bond acceptors (Lipinski definition) is 4. The molecule has 1 aliphatic heterocycles. The molecule has 0 fully saturated rings. The van der Waals surface area contributed by atoms with E-state index in [1.54, 1.807) is 0 Å². The largest absolute Gasteiger partial charge is 0.395 e. The van der Waals surface area contributed by atoms with Gasteiger partial charge in [-0.25, -0.2) is 0 Å². The summed E-state index contributed by atoms with van der Waals surface area (Å²) in [6.07, 6.45) is 5.88. The Morgan fingerprint density at radius 2 is 1.73 bits per heavy atom. The highest BCUT2D eigenvalue weighted by atomic mass is 16.3. The molecule has 37 heavy (non-hydrogen) atoms. The number of rotatable bonds is 5. The van der Waals surface area contributed by atoms with Crippen LogP contribution >= 0.6 is 0 Å². The molecule has 3 aromatic carbocycles. The number of anilines is 3. The summed E-state index contributed by atoms with van der Waals surface area (Å²) in [5.74, 6) is -0.164. The molecular weight excluding hydrogens is 460 g/mol. The Morgan fingerprint density at radius 1 is 0.892 bits per heavy atom. The Kier molecular flexibility index (Phi) is 5.54. The smallest absolute Gasteiger partial charge is 0.257 e. The number of hydrogen-bond donors (Lipinski definition) is 3. The number of pyridine rings is 1. The minimum atomic E-state index is -0.408. The third kappa shape index (κ3) is 4.15. The lowest BCUT2D eigenvalue weighted by atomic mass is 9.85. The van der Waals surface area contributed by atoms with Gasteiger partial charge in [-0.1, -0.05) is 56.3 Å². The SMILES string of the molecule is CC(C)(CO)c1ccc2c(c1)NC(=O)c1ccc(-c3cn(Cc4ccccc4)c4cnccc34)cc1N2. The second-order valence-corrected chi connectivity index (χ2v) is 10.2. The first-order valence-electron chi connectivity index (χ1n) is 12.4. The number of nitrogens with one attached hydrogen (secondary N) is 2. The van der Waals surface area contributed by atoms with E-state index < -0.39 is 5.41 Å². The lowest BCUT2D eigenvalue weighted by Crippen LogP contribution is -2.22. The van der Waals surface area contributed by atoms with Crippen LogP contribution < -0.4 is 10.6 Å². The molecule has 6 rings (SSSR count). The van der Waals surface area contributed by atoms with E-state index in [9.17, 15) is 9.90 Å². The number of amides is 1. The van der Waals surface area contributed by atoms with Gasteiger partial charge in [-0.3, -0.25) is 9.78 Å². The van der Waals surface area contributed by atoms with E-state index in [1.165, 1.54) is 5.56 Å². The summed E-state index contributed by atoms with van der Waals surface area (Å²) in [6.45, 7) is 4.72. The highest BCUT2D eigenvalue weighted by Gasteiger charge is 2.24. The molecule has 1 aliphatic rings. The number of benzene rings is 3. The number of nitrogens with zero attached hydrogens (tertiary/aromatic N) is 2. The van der Waals surface area contributed by atoms with Crippen LogP contribution in [0.15, 0.2) is 91.4 Å². The molecular formula is C31H28N4O2. The topological polar surface area (TPSA) is 79.2 Å². The van der Waals surface area contributed by atoms with Crippen molar-refractivity contribution in [3.63, 3.8) is 0 Å². The van der Waals surface area contributed by atoms with Crippen molar-refractivity contribution in [1.82, 2.24) is 9.55 Å². The average Bonchev–Trinajstić information content (AvgIpc) is 3.21. The van der Waals surface area contributed by atoms with Gasteiger partial charge in [-0.2, -0.15) is 0 Å². The second kappa shape index (κ2) is 8.91. The van der Waals surface area contributed by atoms with Crippen molar-refractivity contribution >= 4 is 33.9 Å². The molecule has 1 amide bonds. The van der Waals surface area contributed by atoms with Crippen LogP contribution in [-0.2, 0) is 12.0 Å². The summed E-state index contributed by atoms with van der Waals surface area (Å²) in [5.41, 5.74) is 7.79. The van der Waals surface area contributed by atoms with Crippen LogP contribution in [0, 0.1) is 0 Å². The van der Waals surface area contributed by atoms with Crippen LogP contribution in [0.2, 0.25) is 0 Å². The van der Waals surface area contributed by atoms with Crippen LogP contribution in [0.5, 0.6) is 0 Å². The third-order valence-corrected chi connectivity index (χ3v) is 7.17. The van der Waals surface area contributed by atoms with Crippen LogP contribution in [0.4, 0.5) is 17.1 Å². The summed E-state index contributed by atoms with van der Waals surface area (Å²) in [4.78, 5) is 17.5. The molecule has 0 unspecified atom stereocenters. The van der Waals surface area contributed by atoms with Gasteiger partial charge in [-0.05, 0) is 47.0 Å². The molecule has 3 heterocycles. The number of aromatic nitrogens is 2. The fourth-order valence-electron chi connectivity index (χ4n) is 4.90. The predicted molar refractivity (Wildman–Crippen MR) is 149 cm³/mol. The first-order chi connectivity index (χ1) is 17.9. The zero-order valence-corrected chi connectivity index (χ0v) is 20.8. The molecule has 5 aromatic rings. The summed E-state index contributed by atoms with van der Waals surface area (Å²) in [5, 5.41) is 17.4. The Morgan fingerprint density at radius 3 is 2.54 bits per heavy atom. The summed E-state index contributed by atoms with van der Waals surface area (Å²) in [7, 11) is 0. The van der Waals surface area contributed by atoms with Gasteiger partial charge in [-0.15, -0.1) is 0 Å². The molecule has 2 aromatic heterocycles. The first kappa shape index (κ1) is 23.0. The van der Waals surface area contributed by atoms with Crippen molar-refractivity contribution in [2.24, 2.45) is 0 Å². The van der Waals surface area contributed by atoms with E-state index in [4.69, 9.17) is 0 Å². The highest BCUT2D eigenvalue weighted by Crippen LogP contribution is 2.38. The first-order valence-corrected chi connectivity index (χ1v) is 12.4. The van der Waals surface area contributed by atoms with Crippen molar-refractivity contribution in [3.8, 4) is 11.1 Å². The second-order valence-electron chi connectivity index (χ2n) is 10.2. The minimum absolute atomic E-state index is 0.0180. The zero-order chi connectivity index (χ0) is 25.6. The minimum Gasteiger partial charge on any atom is -0.395 e. The van der Waals surface area contributed by atoms with Crippen LogP contribution in [-0.4, -0.2) is 27.2 Å². The molecule has 0 aliphatic carbocycles. The molecule has 0 saturated heterocycles. The van der Waals surface area contributed by atoms with E-state index in [-0.39, 0.29) is 12.5 Å². The maximum Gasteiger partial charge on any atom is 0.257 e. The van der Waals surface area contributed by atoms with E-state index in [1.807, 2.05) is 74.8 Å². The Balaban J connectivity index is 1.41. The van der Waals surface area contributed by atoms with Crippen molar-refractivity contribution in [2.45, 2.75) is 25.8 Å². The van der Waals surface area contributed by atoms with Gasteiger partial charge >= 0.3 is 0 Å². The third-order valence-electron chi connectivity index (χ3n) is 7.17. The quantitative estimate of drug-likeness (QED) is 0.270. The summed E-state index contributed by atoms with van der Waals surface area (Å²) < 4.78 is 2.22. The van der Waals surface area contributed by atoms with Crippen LogP contribution in [0.3, 0.4) is 0 Å². The number of aliphatic hydroxyl groups is 1. The molecule has 3 N–H and O–H groups in total. The van der Waals surface area contributed by atoms with Crippen molar-refractivity contribution in [1.29, 1.82) is 0 Å². The molecule has 0 bridgehead atoms. The normalized spacial score (nSPS) is 12.9. The van der Waals surface area contributed by atoms with E-state index in [0.717, 1.165) is 45.5 Å². The molecule has 0 atom stereocenters. The van der Waals surface area contributed by atoms with Gasteiger partial charge in [0.15, 0.2) is 0 Å². The summed E-state index contributed by atoms with van der Waals surface area (Å²) >= 11 is 0. The maximum absolute atomic E-state index is 13.2. The number of carbonyl (C=O) groups is 1. The Labute approximate surface area is 215 Å². The molecule has 0 radical (unpaired) electrons. The number of aliphatic hydroxyl groups excluding tert-OH is 1. The highest BCUT2D eigenvalue weighted by molar-refractivity contribution is 6.13. The molecule has 184 valence electrons. The fraction of sp³-hybridized carbons (Fsp3) is 0.161. The predicted octanol–water partition coefficient (Wildman–Crippen LogP) is 6.33. The lowest BCUT2D eigenvalue weighted by Gasteiger charge is -2.23.